The second-order valence-electron chi connectivity index (χ2n) is 9.11. The van der Waals surface area contributed by atoms with Crippen molar-refractivity contribution in [2.45, 2.75) is 32.8 Å². The third-order valence-electron chi connectivity index (χ3n) is 5.31. The number of hydroxylamine groups is 2. The molecule has 1 saturated heterocycles. The first-order chi connectivity index (χ1) is 16.2. The van der Waals surface area contributed by atoms with Crippen LogP contribution in [0.1, 0.15) is 26.3 Å². The number of alkyl halides is 3. The maximum Gasteiger partial charge on any atom is 0.534 e. The fourth-order valence-corrected chi connectivity index (χ4v) is 3.94. The van der Waals surface area contributed by atoms with Gasteiger partial charge in [-0.3, -0.25) is 4.90 Å². The molecule has 0 N–H and O–H groups in total. The molecule has 0 radical (unpaired) electrons. The number of benzene rings is 2. The Bertz CT molecular complexity index is 1160. The third-order valence-corrected chi connectivity index (χ3v) is 6.53. The zero-order chi connectivity index (χ0) is 26.0. The van der Waals surface area contributed by atoms with Crippen molar-refractivity contribution in [3.8, 4) is 16.9 Å². The van der Waals surface area contributed by atoms with E-state index in [1.807, 2.05) is 4.90 Å². The minimum atomic E-state index is -5.86. The van der Waals surface area contributed by atoms with E-state index < -0.39 is 26.8 Å². The smallest absolute Gasteiger partial charge is 0.376 e. The summed E-state index contributed by atoms with van der Waals surface area (Å²) in [6.45, 7) is 6.96. The van der Waals surface area contributed by atoms with Crippen molar-refractivity contribution < 1.29 is 35.4 Å². The minimum absolute atomic E-state index is 0.114. The molecule has 0 aromatic heterocycles. The second kappa shape index (κ2) is 10.3. The van der Waals surface area contributed by atoms with Crippen LogP contribution in [0.3, 0.4) is 0 Å². The van der Waals surface area contributed by atoms with Crippen molar-refractivity contribution in [2.75, 3.05) is 26.2 Å². The molecule has 3 rings (SSSR count). The summed E-state index contributed by atoms with van der Waals surface area (Å²) in [5.41, 5.74) is -4.80. The van der Waals surface area contributed by atoms with Gasteiger partial charge in [-0.15, -0.1) is 5.06 Å². The van der Waals surface area contributed by atoms with Crippen LogP contribution < -0.4 is 4.18 Å². The summed E-state index contributed by atoms with van der Waals surface area (Å²) in [5.74, 6) is -0.775. The van der Waals surface area contributed by atoms with E-state index in [0.717, 1.165) is 0 Å². The van der Waals surface area contributed by atoms with Crippen LogP contribution in [0.4, 0.5) is 13.2 Å². The van der Waals surface area contributed by atoms with Crippen molar-refractivity contribution >= 4 is 27.7 Å². The van der Waals surface area contributed by atoms with Gasteiger partial charge in [0.05, 0.1) is 5.41 Å². The zero-order valence-corrected chi connectivity index (χ0v) is 21.0. The van der Waals surface area contributed by atoms with Crippen LogP contribution in [-0.2, 0) is 26.3 Å². The van der Waals surface area contributed by atoms with Gasteiger partial charge in [0.1, 0.15) is 5.75 Å². The molecule has 1 aliphatic heterocycles. The normalized spacial score (nSPS) is 16.2. The number of halogens is 4. The van der Waals surface area contributed by atoms with Crippen molar-refractivity contribution in [3.05, 3.63) is 53.1 Å². The summed E-state index contributed by atoms with van der Waals surface area (Å²) in [4.78, 5) is 19.5. The standard InChI is InChI=1S/C23H26ClF3N2O5S/c1-22(2,3)21(30)33-29-13-11-28(12-14-29)15-19-18(16-7-9-17(24)10-8-16)5-4-6-20(19)34-35(31,32)23(25,26)27/h4-10H,11-15H2,1-3H3. The molecule has 0 atom stereocenters. The summed E-state index contributed by atoms with van der Waals surface area (Å²) >= 11 is 5.96. The molecule has 0 amide bonds. The van der Waals surface area contributed by atoms with E-state index in [-0.39, 0.29) is 18.1 Å². The maximum absolute atomic E-state index is 13.0. The molecule has 0 unspecified atom stereocenters. The van der Waals surface area contributed by atoms with Gasteiger partial charge in [0.2, 0.25) is 0 Å². The highest BCUT2D eigenvalue weighted by Gasteiger charge is 2.49. The highest BCUT2D eigenvalue weighted by molar-refractivity contribution is 7.88. The van der Waals surface area contributed by atoms with Crippen LogP contribution in [0, 0.1) is 5.41 Å². The lowest BCUT2D eigenvalue weighted by molar-refractivity contribution is -0.207. The molecule has 192 valence electrons. The molecule has 7 nitrogen and oxygen atoms in total. The van der Waals surface area contributed by atoms with Crippen LogP contribution in [0.25, 0.3) is 11.1 Å². The number of carbonyl (C=O) groups excluding carboxylic acids is 1. The van der Waals surface area contributed by atoms with Gasteiger partial charge in [-0.1, -0.05) is 35.9 Å². The fraction of sp³-hybridized carbons (Fsp3) is 0.435. The van der Waals surface area contributed by atoms with E-state index in [1.165, 1.54) is 12.1 Å². The summed E-state index contributed by atoms with van der Waals surface area (Å²) in [5, 5.41) is 2.02. The molecule has 1 heterocycles. The highest BCUT2D eigenvalue weighted by atomic mass is 35.5. The van der Waals surface area contributed by atoms with Gasteiger partial charge in [0.15, 0.2) is 0 Å². The molecule has 35 heavy (non-hydrogen) atoms. The lowest BCUT2D eigenvalue weighted by Gasteiger charge is -2.35. The number of nitrogens with zero attached hydrogens (tertiary/aromatic N) is 2. The van der Waals surface area contributed by atoms with Crippen molar-refractivity contribution in [1.29, 1.82) is 0 Å². The minimum Gasteiger partial charge on any atom is -0.376 e. The average molecular weight is 535 g/mol. The van der Waals surface area contributed by atoms with Crippen molar-refractivity contribution in [2.24, 2.45) is 5.41 Å². The average Bonchev–Trinajstić information content (AvgIpc) is 2.75. The number of rotatable bonds is 6. The highest BCUT2D eigenvalue weighted by Crippen LogP contribution is 2.36. The third kappa shape index (κ3) is 6.87. The first-order valence-corrected chi connectivity index (χ1v) is 12.5. The number of carbonyl (C=O) groups is 1. The predicted octanol–water partition coefficient (Wildman–Crippen LogP) is 4.86. The largest absolute Gasteiger partial charge is 0.534 e. The van der Waals surface area contributed by atoms with Crippen LogP contribution in [0.5, 0.6) is 5.75 Å². The Hall–Kier alpha value is -2.34. The second-order valence-corrected chi connectivity index (χ2v) is 11.1. The van der Waals surface area contributed by atoms with Crippen molar-refractivity contribution in [1.82, 2.24) is 9.96 Å². The molecule has 1 aliphatic rings. The topological polar surface area (TPSA) is 76.2 Å². The van der Waals surface area contributed by atoms with E-state index in [1.54, 1.807) is 56.2 Å². The van der Waals surface area contributed by atoms with Crippen LogP contribution in [-0.4, -0.2) is 56.0 Å². The fourth-order valence-electron chi connectivity index (χ4n) is 3.33. The molecule has 0 saturated carbocycles. The van der Waals surface area contributed by atoms with Gasteiger partial charge in [-0.05, 0) is 50.1 Å². The van der Waals surface area contributed by atoms with E-state index in [0.29, 0.717) is 42.3 Å². The Kier molecular flexibility index (Phi) is 8.05. The lowest BCUT2D eigenvalue weighted by atomic mass is 9.98. The van der Waals surface area contributed by atoms with Gasteiger partial charge < -0.3 is 9.02 Å². The van der Waals surface area contributed by atoms with E-state index in [4.69, 9.17) is 16.4 Å². The van der Waals surface area contributed by atoms with Gasteiger partial charge in [-0.25, -0.2) is 4.79 Å². The van der Waals surface area contributed by atoms with E-state index in [9.17, 15) is 26.4 Å². The summed E-state index contributed by atoms with van der Waals surface area (Å²) < 4.78 is 67.1. The Morgan fingerprint density at radius 3 is 2.14 bits per heavy atom. The SMILES string of the molecule is CC(C)(C)C(=O)ON1CCN(Cc2c(OS(=O)(=O)C(F)(F)F)cccc2-c2ccc(Cl)cc2)CC1. The van der Waals surface area contributed by atoms with Crippen LogP contribution in [0.2, 0.25) is 5.02 Å². The van der Waals surface area contributed by atoms with Crippen molar-refractivity contribution in [3.63, 3.8) is 0 Å². The maximum atomic E-state index is 13.0. The number of piperazine rings is 1. The van der Waals surface area contributed by atoms with E-state index in [2.05, 4.69) is 4.18 Å². The van der Waals surface area contributed by atoms with Crippen LogP contribution >= 0.6 is 11.6 Å². The van der Waals surface area contributed by atoms with E-state index >= 15 is 0 Å². The number of hydrogen-bond donors (Lipinski definition) is 0. The van der Waals surface area contributed by atoms with Gasteiger partial charge >= 0.3 is 21.6 Å². The summed E-state index contributed by atoms with van der Waals surface area (Å²) in [6.07, 6.45) is 0. The summed E-state index contributed by atoms with van der Waals surface area (Å²) in [6, 6.07) is 10.9. The molecule has 0 spiro atoms. The molecule has 2 aromatic carbocycles. The zero-order valence-electron chi connectivity index (χ0n) is 19.4. The number of hydrogen-bond acceptors (Lipinski definition) is 7. The van der Waals surface area contributed by atoms with Crippen LogP contribution in [0.15, 0.2) is 42.5 Å². The quantitative estimate of drug-likeness (QED) is 0.387. The molecular weight excluding hydrogens is 509 g/mol. The molecule has 0 bridgehead atoms. The van der Waals surface area contributed by atoms with Gasteiger partial charge in [-0.2, -0.15) is 21.6 Å². The molecular formula is C23H26ClF3N2O5S. The monoisotopic (exact) mass is 534 g/mol. The lowest BCUT2D eigenvalue weighted by Crippen LogP contribution is -2.47. The first-order valence-electron chi connectivity index (χ1n) is 10.8. The molecule has 0 aliphatic carbocycles. The summed E-state index contributed by atoms with van der Waals surface area (Å²) in [7, 11) is -5.86. The van der Waals surface area contributed by atoms with Gasteiger partial charge in [0, 0.05) is 43.3 Å². The predicted molar refractivity (Wildman–Crippen MR) is 125 cm³/mol. The van der Waals surface area contributed by atoms with Gasteiger partial charge in [0.25, 0.3) is 0 Å². The molecule has 12 heteroatoms. The first kappa shape index (κ1) is 27.3. The molecule has 1 fully saturated rings. The molecule has 2 aromatic rings. The Morgan fingerprint density at radius 1 is 1.00 bits per heavy atom. The Balaban J connectivity index is 1.87. The Morgan fingerprint density at radius 2 is 1.60 bits per heavy atom. The Labute approximate surface area is 207 Å².